The average Bonchev–Trinajstić information content (AvgIpc) is 2.78. The largest absolute Gasteiger partial charge is 0.507 e. The van der Waals surface area contributed by atoms with E-state index in [1.807, 2.05) is 56.0 Å². The molecule has 0 spiro atoms. The van der Waals surface area contributed by atoms with Crippen LogP contribution in [-0.2, 0) is 4.79 Å². The molecule has 6 heteroatoms. The minimum atomic E-state index is 0.145. The van der Waals surface area contributed by atoms with E-state index in [1.54, 1.807) is 18.5 Å². The molecule has 0 atom stereocenters. The van der Waals surface area contributed by atoms with Gasteiger partial charge in [0, 0.05) is 32.6 Å². The maximum absolute atomic E-state index is 11.9. The van der Waals surface area contributed by atoms with Gasteiger partial charge in [-0.1, -0.05) is 58.9 Å². The Morgan fingerprint density at radius 3 is 2.24 bits per heavy atom. The minimum Gasteiger partial charge on any atom is -0.507 e. The molecule has 2 aromatic rings. The van der Waals surface area contributed by atoms with Crippen molar-refractivity contribution in [3.8, 4) is 5.75 Å². The number of carbonyl (C=O) groups is 1. The molecular weight excluding hydrogens is 424 g/mol. The maximum Gasteiger partial charge on any atom is 0.222 e. The van der Waals surface area contributed by atoms with E-state index in [2.05, 4.69) is 37.6 Å². The van der Waals surface area contributed by atoms with Gasteiger partial charge >= 0.3 is 0 Å². The summed E-state index contributed by atoms with van der Waals surface area (Å²) in [6, 6.07) is 13.2. The zero-order valence-corrected chi connectivity index (χ0v) is 21.8. The molecule has 0 bridgehead atoms. The van der Waals surface area contributed by atoms with E-state index in [9.17, 15) is 9.90 Å². The van der Waals surface area contributed by atoms with Crippen molar-refractivity contribution in [1.29, 1.82) is 0 Å². The van der Waals surface area contributed by atoms with Gasteiger partial charge in [0.2, 0.25) is 5.91 Å². The SMILES string of the molecule is CC(C)(C)C.CCC(=O)N1CCN(C=NC(=Nc2cc(C)ccc2C)c2ccccc2O)CC1. The number of nitrogens with zero attached hydrogens (tertiary/aromatic N) is 4. The van der Waals surface area contributed by atoms with Crippen LogP contribution in [0.15, 0.2) is 52.4 Å². The lowest BCUT2D eigenvalue weighted by atomic mass is 10.0. The van der Waals surface area contributed by atoms with Crippen LogP contribution >= 0.6 is 0 Å². The van der Waals surface area contributed by atoms with E-state index in [0.29, 0.717) is 36.3 Å². The number of phenolic OH excluding ortho intramolecular Hbond substituents is 1. The van der Waals surface area contributed by atoms with Gasteiger partial charge in [-0.2, -0.15) is 0 Å². The number of rotatable bonds is 4. The molecule has 6 nitrogen and oxygen atoms in total. The topological polar surface area (TPSA) is 68.5 Å². The summed E-state index contributed by atoms with van der Waals surface area (Å²) < 4.78 is 0. The van der Waals surface area contributed by atoms with Crippen LogP contribution in [0.1, 0.15) is 57.7 Å². The lowest BCUT2D eigenvalue weighted by Crippen LogP contribution is -2.48. The highest BCUT2D eigenvalue weighted by Gasteiger charge is 2.18. The first-order valence-corrected chi connectivity index (χ1v) is 12.0. The molecule has 1 amide bonds. The molecule has 1 heterocycles. The number of carbonyl (C=O) groups excluding carboxylic acids is 1. The first-order valence-electron chi connectivity index (χ1n) is 12.0. The Labute approximate surface area is 205 Å². The molecule has 1 N–H and O–H groups in total. The van der Waals surface area contributed by atoms with Crippen molar-refractivity contribution in [2.45, 2.75) is 54.9 Å². The molecule has 184 valence electrons. The van der Waals surface area contributed by atoms with E-state index < -0.39 is 0 Å². The minimum absolute atomic E-state index is 0.145. The Balaban J connectivity index is 0.000000739. The highest BCUT2D eigenvalue weighted by Crippen LogP contribution is 2.24. The van der Waals surface area contributed by atoms with Gasteiger partial charge in [0.25, 0.3) is 0 Å². The number of piperazine rings is 1. The monoisotopic (exact) mass is 464 g/mol. The summed E-state index contributed by atoms with van der Waals surface area (Å²) in [4.78, 5) is 25.2. The van der Waals surface area contributed by atoms with Crippen LogP contribution in [0.5, 0.6) is 5.75 Å². The van der Waals surface area contributed by atoms with Crippen molar-refractivity contribution in [1.82, 2.24) is 9.80 Å². The van der Waals surface area contributed by atoms with Gasteiger partial charge < -0.3 is 14.9 Å². The predicted molar refractivity (Wildman–Crippen MR) is 142 cm³/mol. The molecule has 1 saturated heterocycles. The summed E-state index contributed by atoms with van der Waals surface area (Å²) >= 11 is 0. The molecule has 1 aliphatic heterocycles. The summed E-state index contributed by atoms with van der Waals surface area (Å²) in [7, 11) is 0. The molecule has 34 heavy (non-hydrogen) atoms. The number of aromatic hydroxyl groups is 1. The van der Waals surface area contributed by atoms with Gasteiger partial charge in [0.15, 0.2) is 5.84 Å². The number of hydrogen-bond acceptors (Lipinski definition) is 3. The summed E-state index contributed by atoms with van der Waals surface area (Å²) in [5, 5.41) is 10.3. The van der Waals surface area contributed by atoms with Crippen molar-refractivity contribution in [3.63, 3.8) is 0 Å². The predicted octanol–water partition coefficient (Wildman–Crippen LogP) is 5.72. The second-order valence-electron chi connectivity index (χ2n) is 10.3. The zero-order chi connectivity index (χ0) is 25.3. The van der Waals surface area contributed by atoms with Crippen molar-refractivity contribution in [2.24, 2.45) is 15.4 Å². The maximum atomic E-state index is 11.9. The normalized spacial score (nSPS) is 14.7. The molecular formula is C28H40N4O2. The summed E-state index contributed by atoms with van der Waals surface area (Å²) in [6.45, 7) is 17.5. The molecule has 1 fully saturated rings. The Kier molecular flexibility index (Phi) is 9.84. The average molecular weight is 465 g/mol. The molecule has 0 radical (unpaired) electrons. The van der Waals surface area contributed by atoms with Crippen molar-refractivity contribution in [2.75, 3.05) is 26.2 Å². The summed E-state index contributed by atoms with van der Waals surface area (Å²) in [5.74, 6) is 0.795. The lowest BCUT2D eigenvalue weighted by molar-refractivity contribution is -0.132. The molecule has 0 unspecified atom stereocenters. The number of para-hydroxylation sites is 1. The third kappa shape index (κ3) is 9.00. The number of aryl methyl sites for hydroxylation is 2. The number of phenols is 1. The fourth-order valence-electron chi connectivity index (χ4n) is 3.22. The van der Waals surface area contributed by atoms with Crippen LogP contribution in [0, 0.1) is 19.3 Å². The lowest BCUT2D eigenvalue weighted by Gasteiger charge is -2.33. The Bertz CT molecular complexity index is 1010. The van der Waals surface area contributed by atoms with E-state index in [1.165, 1.54) is 0 Å². The molecule has 2 aromatic carbocycles. The molecule has 0 aromatic heterocycles. The molecule has 1 aliphatic rings. The van der Waals surface area contributed by atoms with Gasteiger partial charge in [-0.15, -0.1) is 0 Å². The second kappa shape index (κ2) is 12.4. The van der Waals surface area contributed by atoms with E-state index in [0.717, 1.165) is 29.9 Å². The standard InChI is InChI=1S/C23H28N4O2.C5H12/c1-4-22(29)27-13-11-26(12-14-27)16-24-23(19-7-5-6-8-21(19)28)25-20-15-17(2)9-10-18(20)3;1-5(2,3)4/h5-10,15-16,28H,4,11-14H2,1-3H3;1-4H3. The number of hydrogen-bond donors (Lipinski definition) is 1. The van der Waals surface area contributed by atoms with Gasteiger partial charge in [-0.3, -0.25) is 4.79 Å². The fourth-order valence-corrected chi connectivity index (χ4v) is 3.22. The zero-order valence-electron chi connectivity index (χ0n) is 21.8. The fraction of sp³-hybridized carbons (Fsp3) is 0.464. The number of benzene rings is 2. The highest BCUT2D eigenvalue weighted by molar-refractivity contribution is 6.06. The smallest absolute Gasteiger partial charge is 0.222 e. The Morgan fingerprint density at radius 1 is 1.03 bits per heavy atom. The number of amidine groups is 1. The Hall–Kier alpha value is -3.15. The van der Waals surface area contributed by atoms with Gasteiger partial charge in [0.1, 0.15) is 5.75 Å². The first kappa shape index (κ1) is 27.1. The van der Waals surface area contributed by atoms with Crippen LogP contribution < -0.4 is 0 Å². The quantitative estimate of drug-likeness (QED) is 0.465. The molecule has 0 aliphatic carbocycles. The van der Waals surface area contributed by atoms with Crippen LogP contribution in [0.25, 0.3) is 0 Å². The van der Waals surface area contributed by atoms with Crippen LogP contribution in [-0.4, -0.2) is 59.2 Å². The number of amides is 1. The highest BCUT2D eigenvalue weighted by atomic mass is 16.3. The van der Waals surface area contributed by atoms with Gasteiger partial charge in [-0.05, 0) is 48.6 Å². The number of aliphatic imine (C=N–C) groups is 2. The van der Waals surface area contributed by atoms with Crippen molar-refractivity contribution < 1.29 is 9.90 Å². The Morgan fingerprint density at radius 2 is 1.65 bits per heavy atom. The summed E-state index contributed by atoms with van der Waals surface area (Å²) in [5.41, 5.74) is 4.08. The van der Waals surface area contributed by atoms with Gasteiger partial charge in [-0.25, -0.2) is 9.98 Å². The third-order valence-electron chi connectivity index (χ3n) is 5.05. The van der Waals surface area contributed by atoms with E-state index >= 15 is 0 Å². The van der Waals surface area contributed by atoms with Crippen LogP contribution in [0.2, 0.25) is 0 Å². The van der Waals surface area contributed by atoms with E-state index in [4.69, 9.17) is 4.99 Å². The van der Waals surface area contributed by atoms with Crippen LogP contribution in [0.4, 0.5) is 5.69 Å². The first-order chi connectivity index (χ1) is 16.0. The van der Waals surface area contributed by atoms with Gasteiger partial charge in [0.05, 0.1) is 17.6 Å². The third-order valence-corrected chi connectivity index (χ3v) is 5.05. The van der Waals surface area contributed by atoms with E-state index in [-0.39, 0.29) is 11.7 Å². The van der Waals surface area contributed by atoms with Crippen molar-refractivity contribution >= 4 is 23.8 Å². The molecule has 0 saturated carbocycles. The summed E-state index contributed by atoms with van der Waals surface area (Å²) in [6.07, 6.45) is 2.30. The van der Waals surface area contributed by atoms with Crippen molar-refractivity contribution in [3.05, 3.63) is 59.2 Å². The van der Waals surface area contributed by atoms with Crippen LogP contribution in [0.3, 0.4) is 0 Å². The molecule has 3 rings (SSSR count). The second-order valence-corrected chi connectivity index (χ2v) is 10.3.